The van der Waals surface area contributed by atoms with Crippen molar-refractivity contribution in [2.24, 2.45) is 7.05 Å². The molecule has 1 fully saturated rings. The highest BCUT2D eigenvalue weighted by Gasteiger charge is 2.35. The third-order valence-corrected chi connectivity index (χ3v) is 5.98. The lowest BCUT2D eigenvalue weighted by Crippen LogP contribution is -2.51. The Bertz CT molecular complexity index is 1240. The Morgan fingerprint density at radius 1 is 1.19 bits per heavy atom. The summed E-state index contributed by atoms with van der Waals surface area (Å²) in [4.78, 5) is 26.5. The van der Waals surface area contributed by atoms with Crippen molar-refractivity contribution >= 4 is 17.5 Å². The van der Waals surface area contributed by atoms with E-state index >= 15 is 0 Å². The van der Waals surface area contributed by atoms with Crippen molar-refractivity contribution in [2.75, 3.05) is 18.5 Å². The molecule has 190 valence electrons. The fraction of sp³-hybridized carbons (Fsp3) is 0.320. The quantitative estimate of drug-likeness (QED) is 0.538. The van der Waals surface area contributed by atoms with E-state index < -0.39 is 23.9 Å². The Labute approximate surface area is 205 Å². The van der Waals surface area contributed by atoms with Crippen molar-refractivity contribution in [3.63, 3.8) is 0 Å². The summed E-state index contributed by atoms with van der Waals surface area (Å²) in [6, 6.07) is 12.0. The second-order valence-corrected chi connectivity index (χ2v) is 8.61. The summed E-state index contributed by atoms with van der Waals surface area (Å²) in [6.45, 7) is 1.70. The highest BCUT2D eigenvalue weighted by molar-refractivity contribution is 6.03. The van der Waals surface area contributed by atoms with E-state index in [1.54, 1.807) is 44.3 Å². The van der Waals surface area contributed by atoms with Gasteiger partial charge >= 0.3 is 6.18 Å². The molecule has 2 amide bonds. The van der Waals surface area contributed by atoms with Crippen LogP contribution >= 0.6 is 0 Å². The Hall–Kier alpha value is -3.70. The summed E-state index contributed by atoms with van der Waals surface area (Å²) in [5, 5.41) is 18.0. The van der Waals surface area contributed by atoms with Gasteiger partial charge in [0.2, 0.25) is 5.91 Å². The van der Waals surface area contributed by atoms with Gasteiger partial charge in [0.15, 0.2) is 0 Å². The van der Waals surface area contributed by atoms with Gasteiger partial charge in [-0.1, -0.05) is 24.3 Å². The lowest BCUT2D eigenvalue weighted by molar-refractivity contribution is -0.155. The molecule has 3 aromatic rings. The van der Waals surface area contributed by atoms with Crippen LogP contribution in [0.5, 0.6) is 0 Å². The maximum Gasteiger partial charge on any atom is 0.416 e. The molecule has 1 aliphatic heterocycles. The minimum absolute atomic E-state index is 0.0281. The number of halogens is 3. The molecule has 4 rings (SSSR count). The number of ether oxygens (including phenoxy) is 1. The summed E-state index contributed by atoms with van der Waals surface area (Å²) in [5.74, 6) is -0.707. The Morgan fingerprint density at radius 3 is 2.44 bits per heavy atom. The number of carbonyl (C=O) groups excluding carboxylic acids is 2. The number of hydrogen-bond acceptors (Lipinski definition) is 5. The number of aromatic nitrogens is 2. The van der Waals surface area contributed by atoms with E-state index in [0.29, 0.717) is 28.2 Å². The number of carbonyl (C=O) groups is 2. The van der Waals surface area contributed by atoms with Gasteiger partial charge in [-0.15, -0.1) is 0 Å². The molecule has 2 unspecified atom stereocenters. The first-order valence-electron chi connectivity index (χ1n) is 11.2. The van der Waals surface area contributed by atoms with Gasteiger partial charge in [0.05, 0.1) is 23.9 Å². The van der Waals surface area contributed by atoms with E-state index in [1.807, 2.05) is 0 Å². The maximum absolute atomic E-state index is 12.9. The SMILES string of the molecule is Cc1cc(C(=O)Nc2ccc(C(O)C3COCC(=O)N3Cc3ccc(C(F)(F)F)cc3)cc2)n(C)n1. The topological polar surface area (TPSA) is 96.7 Å². The van der Waals surface area contributed by atoms with Crippen LogP contribution in [0, 0.1) is 6.92 Å². The van der Waals surface area contributed by atoms with Crippen LogP contribution in [0.3, 0.4) is 0 Å². The van der Waals surface area contributed by atoms with Crippen LogP contribution in [0.1, 0.15) is 39.0 Å². The van der Waals surface area contributed by atoms with E-state index in [1.165, 1.54) is 21.7 Å². The third kappa shape index (κ3) is 5.58. The third-order valence-electron chi connectivity index (χ3n) is 5.98. The molecule has 2 atom stereocenters. The molecule has 0 aliphatic carbocycles. The number of nitrogens with one attached hydrogen (secondary N) is 1. The van der Waals surface area contributed by atoms with Gasteiger partial charge in [-0.05, 0) is 48.4 Å². The largest absolute Gasteiger partial charge is 0.416 e. The number of anilines is 1. The maximum atomic E-state index is 12.9. The van der Waals surface area contributed by atoms with E-state index in [4.69, 9.17) is 4.74 Å². The molecule has 1 saturated heterocycles. The first kappa shape index (κ1) is 25.4. The molecule has 0 radical (unpaired) electrons. The van der Waals surface area contributed by atoms with Crippen molar-refractivity contribution in [2.45, 2.75) is 31.8 Å². The van der Waals surface area contributed by atoms with Crippen LogP contribution in [0.25, 0.3) is 0 Å². The fourth-order valence-electron chi connectivity index (χ4n) is 4.09. The molecule has 36 heavy (non-hydrogen) atoms. The Kier molecular flexibility index (Phi) is 7.14. The van der Waals surface area contributed by atoms with Crippen LogP contribution in [0.4, 0.5) is 18.9 Å². The first-order valence-corrected chi connectivity index (χ1v) is 11.2. The molecule has 8 nitrogen and oxygen atoms in total. The zero-order chi connectivity index (χ0) is 26.0. The van der Waals surface area contributed by atoms with Crippen LogP contribution in [0.15, 0.2) is 54.6 Å². The number of aliphatic hydroxyl groups is 1. The minimum atomic E-state index is -4.45. The van der Waals surface area contributed by atoms with Crippen LogP contribution < -0.4 is 5.32 Å². The van der Waals surface area contributed by atoms with Gasteiger partial charge in [0.25, 0.3) is 5.91 Å². The molecular formula is C25H25F3N4O4. The number of rotatable bonds is 6. The highest BCUT2D eigenvalue weighted by Crippen LogP contribution is 2.30. The van der Waals surface area contributed by atoms with Crippen LogP contribution in [-0.2, 0) is 29.3 Å². The highest BCUT2D eigenvalue weighted by atomic mass is 19.4. The molecule has 1 aliphatic rings. The Balaban J connectivity index is 1.46. The van der Waals surface area contributed by atoms with Gasteiger partial charge in [0.1, 0.15) is 18.4 Å². The van der Waals surface area contributed by atoms with Crippen LogP contribution in [-0.4, -0.2) is 50.9 Å². The molecule has 0 spiro atoms. The molecule has 0 saturated carbocycles. The van der Waals surface area contributed by atoms with Gasteiger partial charge in [-0.2, -0.15) is 18.3 Å². The molecule has 2 aromatic carbocycles. The zero-order valence-electron chi connectivity index (χ0n) is 19.6. The standard InChI is InChI=1S/C25H25F3N4O4/c1-15-11-20(31(2)30-15)24(35)29-19-9-5-17(6-10-19)23(34)21-13-36-14-22(33)32(21)12-16-3-7-18(8-4-16)25(26,27)28/h3-11,21,23,34H,12-14H2,1-2H3,(H,29,35). The second kappa shape index (κ2) is 10.1. The minimum Gasteiger partial charge on any atom is -0.386 e. The molecule has 11 heteroatoms. The van der Waals surface area contributed by atoms with Gasteiger partial charge in [0, 0.05) is 19.3 Å². The van der Waals surface area contributed by atoms with E-state index in [-0.39, 0.29) is 31.6 Å². The monoisotopic (exact) mass is 502 g/mol. The number of benzene rings is 2. The van der Waals surface area contributed by atoms with Crippen molar-refractivity contribution in [3.8, 4) is 0 Å². The Morgan fingerprint density at radius 2 is 1.86 bits per heavy atom. The first-order chi connectivity index (χ1) is 17.0. The molecular weight excluding hydrogens is 477 g/mol. The van der Waals surface area contributed by atoms with Gasteiger partial charge in [-0.25, -0.2) is 0 Å². The van der Waals surface area contributed by atoms with Gasteiger partial charge < -0.3 is 20.1 Å². The van der Waals surface area contributed by atoms with Crippen molar-refractivity contribution < 1.29 is 32.6 Å². The summed E-state index contributed by atoms with van der Waals surface area (Å²) in [6.07, 6.45) is -5.57. The lowest BCUT2D eigenvalue weighted by atomic mass is 9.99. The average molecular weight is 502 g/mol. The number of nitrogens with zero attached hydrogens (tertiary/aromatic N) is 3. The normalized spacial score (nSPS) is 17.2. The van der Waals surface area contributed by atoms with Crippen molar-refractivity contribution in [1.29, 1.82) is 0 Å². The number of aryl methyl sites for hydroxylation is 2. The van der Waals surface area contributed by atoms with Crippen molar-refractivity contribution in [3.05, 3.63) is 82.7 Å². The zero-order valence-corrected chi connectivity index (χ0v) is 19.6. The molecule has 1 aromatic heterocycles. The van der Waals surface area contributed by atoms with Crippen LogP contribution in [0.2, 0.25) is 0 Å². The summed E-state index contributed by atoms with van der Waals surface area (Å²) in [5.41, 5.74) is 1.83. The van der Waals surface area contributed by atoms with Gasteiger partial charge in [-0.3, -0.25) is 14.3 Å². The predicted octanol–water partition coefficient (Wildman–Crippen LogP) is 3.46. The number of hydrogen-bond donors (Lipinski definition) is 2. The predicted molar refractivity (Wildman–Crippen MR) is 124 cm³/mol. The molecule has 2 N–H and O–H groups in total. The number of amides is 2. The lowest BCUT2D eigenvalue weighted by Gasteiger charge is -2.38. The van der Waals surface area contributed by atoms with E-state index in [0.717, 1.165) is 12.1 Å². The number of alkyl halides is 3. The average Bonchev–Trinajstić information content (AvgIpc) is 3.18. The van der Waals surface area contributed by atoms with E-state index in [2.05, 4.69) is 10.4 Å². The molecule has 2 heterocycles. The summed E-state index contributed by atoms with van der Waals surface area (Å²) in [7, 11) is 1.67. The summed E-state index contributed by atoms with van der Waals surface area (Å²) >= 11 is 0. The second-order valence-electron chi connectivity index (χ2n) is 8.61. The number of morpholine rings is 1. The smallest absolute Gasteiger partial charge is 0.386 e. The van der Waals surface area contributed by atoms with Crippen molar-refractivity contribution in [1.82, 2.24) is 14.7 Å². The summed E-state index contributed by atoms with van der Waals surface area (Å²) < 4.78 is 45.4. The number of aliphatic hydroxyl groups excluding tert-OH is 1. The molecule has 0 bridgehead atoms. The fourth-order valence-corrected chi connectivity index (χ4v) is 4.09. The van der Waals surface area contributed by atoms with E-state index in [9.17, 15) is 27.9 Å².